The molecule has 1 rings (SSSR count). The van der Waals surface area contributed by atoms with Crippen LogP contribution in [0.3, 0.4) is 0 Å². The van der Waals surface area contributed by atoms with Crippen LogP contribution in [0.5, 0.6) is 0 Å². The van der Waals surface area contributed by atoms with Crippen LogP contribution in [0.1, 0.15) is 12.5 Å². The zero-order valence-corrected chi connectivity index (χ0v) is 8.60. The summed E-state index contributed by atoms with van der Waals surface area (Å²) >= 11 is 0. The molecule has 1 aromatic heterocycles. The van der Waals surface area contributed by atoms with E-state index in [0.29, 0.717) is 17.8 Å². The summed E-state index contributed by atoms with van der Waals surface area (Å²) in [4.78, 5) is 7.55. The van der Waals surface area contributed by atoms with Crippen molar-refractivity contribution in [3.05, 3.63) is 11.9 Å². The van der Waals surface area contributed by atoms with Gasteiger partial charge in [0.2, 0.25) is 0 Å². The number of alkyl halides is 3. The minimum absolute atomic E-state index is 0.141. The monoisotopic (exact) mass is 235 g/mol. The summed E-state index contributed by atoms with van der Waals surface area (Å²) in [7, 11) is 0. The number of nitrogens with two attached hydrogens (primary N) is 1. The number of hydrazine groups is 1. The minimum atomic E-state index is -4.29. The summed E-state index contributed by atoms with van der Waals surface area (Å²) in [5.41, 5.74) is 2.83. The zero-order chi connectivity index (χ0) is 12.2. The fraction of sp³-hybridized carbons (Fsp3) is 0.500. The Morgan fingerprint density at radius 1 is 1.31 bits per heavy atom. The molecule has 4 N–H and O–H groups in total. The Balaban J connectivity index is 2.87. The molecular weight excluding hydrogens is 223 g/mol. The molecule has 0 spiro atoms. The van der Waals surface area contributed by atoms with E-state index in [0.717, 1.165) is 6.33 Å². The summed E-state index contributed by atoms with van der Waals surface area (Å²) in [6, 6.07) is 0. The summed E-state index contributed by atoms with van der Waals surface area (Å²) in [5.74, 6) is 5.65. The van der Waals surface area contributed by atoms with E-state index in [2.05, 4.69) is 20.7 Å². The van der Waals surface area contributed by atoms with Gasteiger partial charge in [0.1, 0.15) is 24.5 Å². The van der Waals surface area contributed by atoms with E-state index in [-0.39, 0.29) is 5.82 Å². The van der Waals surface area contributed by atoms with Crippen LogP contribution >= 0.6 is 0 Å². The van der Waals surface area contributed by atoms with Gasteiger partial charge in [-0.1, -0.05) is 6.92 Å². The lowest BCUT2D eigenvalue weighted by molar-refractivity contribution is -0.115. The highest BCUT2D eigenvalue weighted by molar-refractivity contribution is 5.56. The van der Waals surface area contributed by atoms with Crippen molar-refractivity contribution in [3.63, 3.8) is 0 Å². The number of nitrogens with one attached hydrogen (secondary N) is 2. The standard InChI is InChI=1S/C8H12F3N5/c1-2-5-6(13-3-8(9,10)11)14-4-15-7(5)16-12/h4H,2-3,12H2,1H3,(H2,13,14,15,16). The van der Waals surface area contributed by atoms with Gasteiger partial charge < -0.3 is 10.7 Å². The van der Waals surface area contributed by atoms with E-state index in [9.17, 15) is 13.2 Å². The molecule has 0 saturated carbocycles. The molecule has 0 atom stereocenters. The Hall–Kier alpha value is -1.57. The minimum Gasteiger partial charge on any atom is -0.361 e. The Bertz CT molecular complexity index is 352. The van der Waals surface area contributed by atoms with Gasteiger partial charge in [-0.3, -0.25) is 0 Å². The molecule has 0 aromatic carbocycles. The molecule has 1 aromatic rings. The first-order chi connectivity index (χ1) is 7.48. The molecule has 0 amide bonds. The van der Waals surface area contributed by atoms with Crippen LogP contribution in [0, 0.1) is 0 Å². The van der Waals surface area contributed by atoms with Gasteiger partial charge in [0.05, 0.1) is 0 Å². The first-order valence-electron chi connectivity index (χ1n) is 4.59. The van der Waals surface area contributed by atoms with Crippen molar-refractivity contribution < 1.29 is 13.2 Å². The highest BCUT2D eigenvalue weighted by Crippen LogP contribution is 2.21. The van der Waals surface area contributed by atoms with Gasteiger partial charge in [-0.2, -0.15) is 13.2 Å². The number of rotatable bonds is 4. The lowest BCUT2D eigenvalue weighted by Crippen LogP contribution is -2.23. The fourth-order valence-electron chi connectivity index (χ4n) is 1.21. The molecule has 16 heavy (non-hydrogen) atoms. The SMILES string of the molecule is CCc1c(NN)ncnc1NCC(F)(F)F. The van der Waals surface area contributed by atoms with Gasteiger partial charge in [-0.25, -0.2) is 15.8 Å². The number of anilines is 2. The largest absolute Gasteiger partial charge is 0.405 e. The first-order valence-corrected chi connectivity index (χ1v) is 4.59. The van der Waals surface area contributed by atoms with Crippen LogP contribution in [0.25, 0.3) is 0 Å². The Morgan fingerprint density at radius 2 is 1.94 bits per heavy atom. The van der Waals surface area contributed by atoms with E-state index in [4.69, 9.17) is 5.84 Å². The Morgan fingerprint density at radius 3 is 2.44 bits per heavy atom. The third-order valence-electron chi connectivity index (χ3n) is 1.89. The van der Waals surface area contributed by atoms with Gasteiger partial charge in [0.15, 0.2) is 0 Å². The number of nitrogen functional groups attached to an aromatic ring is 1. The van der Waals surface area contributed by atoms with E-state index in [1.54, 1.807) is 6.92 Å². The second kappa shape index (κ2) is 4.97. The molecule has 90 valence electrons. The molecule has 0 bridgehead atoms. The maximum Gasteiger partial charge on any atom is 0.405 e. The average Bonchev–Trinajstić information content (AvgIpc) is 2.24. The molecule has 0 aliphatic rings. The third kappa shape index (κ3) is 3.23. The van der Waals surface area contributed by atoms with E-state index < -0.39 is 12.7 Å². The van der Waals surface area contributed by atoms with Crippen LogP contribution in [-0.4, -0.2) is 22.7 Å². The maximum atomic E-state index is 12.0. The van der Waals surface area contributed by atoms with Crippen LogP contribution in [0.15, 0.2) is 6.33 Å². The van der Waals surface area contributed by atoms with E-state index >= 15 is 0 Å². The molecule has 0 radical (unpaired) electrons. The van der Waals surface area contributed by atoms with Gasteiger partial charge in [-0.15, -0.1) is 0 Å². The summed E-state index contributed by atoms with van der Waals surface area (Å²) in [6.07, 6.45) is -2.67. The van der Waals surface area contributed by atoms with Gasteiger partial charge in [0, 0.05) is 5.56 Å². The predicted octanol–water partition coefficient (Wildman–Crippen LogP) is 1.30. The second-order valence-electron chi connectivity index (χ2n) is 3.02. The summed E-state index contributed by atoms with van der Waals surface area (Å²) in [6.45, 7) is 0.638. The topological polar surface area (TPSA) is 75.9 Å². The summed E-state index contributed by atoms with van der Waals surface area (Å²) < 4.78 is 36.0. The Kier molecular flexibility index (Phi) is 3.88. The van der Waals surface area contributed by atoms with Gasteiger partial charge in [-0.05, 0) is 6.42 Å². The first kappa shape index (κ1) is 12.5. The van der Waals surface area contributed by atoms with Crippen molar-refractivity contribution in [3.8, 4) is 0 Å². The second-order valence-corrected chi connectivity index (χ2v) is 3.02. The predicted molar refractivity (Wildman–Crippen MR) is 53.8 cm³/mol. The van der Waals surface area contributed by atoms with Crippen molar-refractivity contribution in [1.82, 2.24) is 9.97 Å². The zero-order valence-electron chi connectivity index (χ0n) is 8.60. The molecule has 5 nitrogen and oxygen atoms in total. The molecule has 0 aliphatic heterocycles. The number of hydrogen-bond donors (Lipinski definition) is 3. The molecule has 8 heteroatoms. The number of hydrogen-bond acceptors (Lipinski definition) is 5. The van der Waals surface area contributed by atoms with Crippen LogP contribution in [0.2, 0.25) is 0 Å². The average molecular weight is 235 g/mol. The van der Waals surface area contributed by atoms with Crippen molar-refractivity contribution >= 4 is 11.6 Å². The normalized spacial score (nSPS) is 11.3. The summed E-state index contributed by atoms with van der Waals surface area (Å²) in [5, 5.41) is 2.21. The quantitative estimate of drug-likeness (QED) is 0.541. The lowest BCUT2D eigenvalue weighted by atomic mass is 10.2. The van der Waals surface area contributed by atoms with Crippen molar-refractivity contribution in [2.75, 3.05) is 17.3 Å². The van der Waals surface area contributed by atoms with Crippen LogP contribution in [0.4, 0.5) is 24.8 Å². The third-order valence-corrected chi connectivity index (χ3v) is 1.89. The molecular formula is C8H12F3N5. The Labute approximate surface area is 90.2 Å². The van der Waals surface area contributed by atoms with Crippen LogP contribution < -0.4 is 16.6 Å². The van der Waals surface area contributed by atoms with Crippen molar-refractivity contribution in [2.45, 2.75) is 19.5 Å². The van der Waals surface area contributed by atoms with Gasteiger partial charge in [0.25, 0.3) is 0 Å². The van der Waals surface area contributed by atoms with E-state index in [1.807, 2.05) is 0 Å². The van der Waals surface area contributed by atoms with Crippen molar-refractivity contribution in [1.29, 1.82) is 0 Å². The fourth-order valence-corrected chi connectivity index (χ4v) is 1.21. The molecule has 0 unspecified atom stereocenters. The highest BCUT2D eigenvalue weighted by Gasteiger charge is 2.27. The van der Waals surface area contributed by atoms with Crippen molar-refractivity contribution in [2.24, 2.45) is 5.84 Å². The molecule has 1 heterocycles. The number of aromatic nitrogens is 2. The molecule has 0 fully saturated rings. The number of nitrogens with zero attached hydrogens (tertiary/aromatic N) is 2. The molecule has 0 saturated heterocycles. The van der Waals surface area contributed by atoms with E-state index in [1.165, 1.54) is 0 Å². The van der Waals surface area contributed by atoms with Gasteiger partial charge >= 0.3 is 6.18 Å². The van der Waals surface area contributed by atoms with Crippen LogP contribution in [-0.2, 0) is 6.42 Å². The lowest BCUT2D eigenvalue weighted by Gasteiger charge is -2.13. The highest BCUT2D eigenvalue weighted by atomic mass is 19.4. The molecule has 0 aliphatic carbocycles. The maximum absolute atomic E-state index is 12.0. The smallest absolute Gasteiger partial charge is 0.361 e. The number of halogens is 3.